The third-order valence-electron chi connectivity index (χ3n) is 1.74. The van der Waals surface area contributed by atoms with Gasteiger partial charge in [0.2, 0.25) is 5.13 Å². The first-order valence-electron chi connectivity index (χ1n) is 4.39. The van der Waals surface area contributed by atoms with Crippen LogP contribution in [0.25, 0.3) is 0 Å². The minimum Gasteiger partial charge on any atom is -0.480 e. The highest BCUT2D eigenvalue weighted by Gasteiger charge is 2.18. The van der Waals surface area contributed by atoms with Crippen LogP contribution in [0, 0.1) is 0 Å². The molecule has 18 heavy (non-hydrogen) atoms. The number of nitrogens with zero attached hydrogens (tertiary/aromatic N) is 5. The number of aromatic nitrogens is 5. The van der Waals surface area contributed by atoms with Gasteiger partial charge in [-0.3, -0.25) is 14.2 Å². The SMILES string of the molecule is O=C(O)Cn1cc(S(=O)(=O)Nc2nnns2)cn1. The molecule has 96 valence electrons. The highest BCUT2D eigenvalue weighted by Crippen LogP contribution is 2.14. The van der Waals surface area contributed by atoms with E-state index >= 15 is 0 Å². The van der Waals surface area contributed by atoms with E-state index in [1.54, 1.807) is 0 Å². The van der Waals surface area contributed by atoms with Crippen molar-refractivity contribution in [2.75, 3.05) is 4.72 Å². The lowest BCUT2D eigenvalue weighted by atomic mass is 10.6. The smallest absolute Gasteiger partial charge is 0.325 e. The summed E-state index contributed by atoms with van der Waals surface area (Å²) in [6.45, 7) is -0.421. The third kappa shape index (κ3) is 2.78. The molecule has 0 amide bonds. The summed E-state index contributed by atoms with van der Waals surface area (Å²) < 4.78 is 30.1. The van der Waals surface area contributed by atoms with Crippen molar-refractivity contribution in [2.45, 2.75) is 11.4 Å². The van der Waals surface area contributed by atoms with Crippen LogP contribution in [0.5, 0.6) is 0 Å². The fourth-order valence-electron chi connectivity index (χ4n) is 1.06. The lowest BCUT2D eigenvalue weighted by Gasteiger charge is -1.99. The number of aliphatic carboxylic acids is 1. The first-order valence-corrected chi connectivity index (χ1v) is 6.65. The molecule has 2 N–H and O–H groups in total. The Bertz CT molecular complexity index is 647. The fraction of sp³-hybridized carbons (Fsp3) is 0.167. The van der Waals surface area contributed by atoms with Crippen LogP contribution < -0.4 is 4.72 Å². The number of hydrogen-bond donors (Lipinski definition) is 2. The molecule has 0 saturated heterocycles. The second kappa shape index (κ2) is 4.66. The zero-order chi connectivity index (χ0) is 13.2. The fourth-order valence-corrected chi connectivity index (χ4v) is 2.59. The lowest BCUT2D eigenvalue weighted by Crippen LogP contribution is -2.12. The van der Waals surface area contributed by atoms with E-state index in [0.717, 1.165) is 28.6 Å². The summed E-state index contributed by atoms with van der Waals surface area (Å²) in [6.07, 6.45) is 2.14. The summed E-state index contributed by atoms with van der Waals surface area (Å²) in [5.74, 6) is -1.12. The topological polar surface area (TPSA) is 140 Å². The quantitative estimate of drug-likeness (QED) is 0.715. The minimum absolute atomic E-state index is 0.0148. The molecule has 0 spiro atoms. The Morgan fingerprint density at radius 3 is 2.94 bits per heavy atom. The number of carboxylic acid groups (broad SMARTS) is 1. The Labute approximate surface area is 104 Å². The van der Waals surface area contributed by atoms with Crippen molar-refractivity contribution in [2.24, 2.45) is 0 Å². The number of hydrogen-bond acceptors (Lipinski definition) is 8. The van der Waals surface area contributed by atoms with E-state index in [1.165, 1.54) is 0 Å². The number of carboxylic acids is 1. The molecule has 0 atom stereocenters. The second-order valence-electron chi connectivity index (χ2n) is 3.04. The van der Waals surface area contributed by atoms with Gasteiger partial charge >= 0.3 is 5.97 Å². The van der Waals surface area contributed by atoms with Crippen molar-refractivity contribution in [3.05, 3.63) is 12.4 Å². The summed E-state index contributed by atoms with van der Waals surface area (Å²) in [4.78, 5) is 10.3. The Morgan fingerprint density at radius 2 is 2.33 bits per heavy atom. The number of nitrogens with one attached hydrogen (secondary N) is 1. The Hall–Kier alpha value is -2.08. The minimum atomic E-state index is -3.86. The van der Waals surface area contributed by atoms with E-state index in [0.29, 0.717) is 0 Å². The summed E-state index contributed by atoms with van der Waals surface area (Å²) in [5.41, 5.74) is 0. The molecule has 0 fully saturated rings. The van der Waals surface area contributed by atoms with E-state index in [9.17, 15) is 13.2 Å². The molecular weight excluding hydrogens is 284 g/mol. The van der Waals surface area contributed by atoms with Crippen LogP contribution in [-0.2, 0) is 21.4 Å². The third-order valence-corrected chi connectivity index (χ3v) is 3.67. The van der Waals surface area contributed by atoms with Gasteiger partial charge in [0.1, 0.15) is 11.4 Å². The van der Waals surface area contributed by atoms with E-state index in [4.69, 9.17) is 5.11 Å². The molecular formula is C6H6N6O4S2. The van der Waals surface area contributed by atoms with E-state index in [1.807, 2.05) is 0 Å². The number of sulfonamides is 1. The first kappa shape index (κ1) is 12.4. The van der Waals surface area contributed by atoms with Crippen molar-refractivity contribution in [3.8, 4) is 0 Å². The maximum atomic E-state index is 11.8. The van der Waals surface area contributed by atoms with E-state index < -0.39 is 22.5 Å². The molecule has 0 aliphatic carbocycles. The van der Waals surface area contributed by atoms with E-state index in [-0.39, 0.29) is 10.0 Å². The standard InChI is InChI=1S/C6H6N6O4S2/c13-5(14)3-12-2-4(1-7-12)18(15,16)9-6-8-10-11-17-6/h1-2H,3H2,(H,13,14)(H,8,9,11). The number of anilines is 1. The number of rotatable bonds is 5. The summed E-state index contributed by atoms with van der Waals surface area (Å²) in [5, 5.41) is 18.8. The average Bonchev–Trinajstić information content (AvgIpc) is 2.87. The zero-order valence-corrected chi connectivity index (χ0v) is 10.2. The van der Waals surface area contributed by atoms with Crippen molar-refractivity contribution in [1.29, 1.82) is 0 Å². The van der Waals surface area contributed by atoms with Crippen molar-refractivity contribution in [3.63, 3.8) is 0 Å². The highest BCUT2D eigenvalue weighted by atomic mass is 32.2. The molecule has 0 aliphatic heterocycles. The van der Waals surface area contributed by atoms with Gasteiger partial charge in [0, 0.05) is 17.7 Å². The lowest BCUT2D eigenvalue weighted by molar-refractivity contribution is -0.137. The average molecular weight is 290 g/mol. The van der Waals surface area contributed by atoms with Gasteiger partial charge in [-0.25, -0.2) is 8.42 Å². The maximum absolute atomic E-state index is 11.8. The second-order valence-corrected chi connectivity index (χ2v) is 5.46. The van der Waals surface area contributed by atoms with Crippen molar-refractivity contribution >= 4 is 32.7 Å². The van der Waals surface area contributed by atoms with Crippen LogP contribution in [0.2, 0.25) is 0 Å². The largest absolute Gasteiger partial charge is 0.480 e. The molecule has 0 bridgehead atoms. The first-order chi connectivity index (χ1) is 8.47. The highest BCUT2D eigenvalue weighted by molar-refractivity contribution is 7.92. The predicted octanol–water partition coefficient (Wildman–Crippen LogP) is -0.985. The van der Waals surface area contributed by atoms with E-state index in [2.05, 4.69) is 24.6 Å². The summed E-state index contributed by atoms with van der Waals surface area (Å²) >= 11 is 0.778. The van der Waals surface area contributed by atoms with Crippen LogP contribution in [0.3, 0.4) is 0 Å². The van der Waals surface area contributed by atoms with Gasteiger partial charge < -0.3 is 5.11 Å². The molecule has 2 heterocycles. The van der Waals surface area contributed by atoms with Gasteiger partial charge in [0.25, 0.3) is 10.0 Å². The predicted molar refractivity (Wildman–Crippen MR) is 58.4 cm³/mol. The summed E-state index contributed by atoms with van der Waals surface area (Å²) in [7, 11) is -3.86. The molecule has 0 radical (unpaired) electrons. The molecule has 0 aliphatic rings. The maximum Gasteiger partial charge on any atom is 0.325 e. The van der Waals surface area contributed by atoms with Gasteiger partial charge in [0.15, 0.2) is 0 Å². The van der Waals surface area contributed by atoms with Gasteiger partial charge in [-0.1, -0.05) is 9.59 Å². The normalized spacial score (nSPS) is 11.3. The molecule has 10 nitrogen and oxygen atoms in total. The van der Waals surface area contributed by atoms with Crippen LogP contribution in [-0.4, -0.2) is 44.1 Å². The van der Waals surface area contributed by atoms with Crippen molar-refractivity contribution in [1.82, 2.24) is 24.6 Å². The summed E-state index contributed by atoms with van der Waals surface area (Å²) in [6, 6.07) is 0. The Balaban J connectivity index is 2.19. The molecule has 12 heteroatoms. The van der Waals surface area contributed by atoms with Crippen LogP contribution in [0.4, 0.5) is 5.13 Å². The molecule has 2 aromatic rings. The number of carbonyl (C=O) groups is 1. The van der Waals surface area contributed by atoms with Gasteiger partial charge in [0.05, 0.1) is 6.20 Å². The van der Waals surface area contributed by atoms with Crippen LogP contribution in [0.15, 0.2) is 17.3 Å². The van der Waals surface area contributed by atoms with Crippen LogP contribution in [0.1, 0.15) is 0 Å². The Kier molecular flexibility index (Phi) is 3.20. The molecule has 2 rings (SSSR count). The van der Waals surface area contributed by atoms with Crippen LogP contribution >= 0.6 is 11.5 Å². The molecule has 0 saturated carbocycles. The van der Waals surface area contributed by atoms with Gasteiger partial charge in [-0.05, 0) is 5.21 Å². The molecule has 0 unspecified atom stereocenters. The monoisotopic (exact) mass is 290 g/mol. The molecule has 2 aromatic heterocycles. The van der Waals surface area contributed by atoms with Gasteiger partial charge in [-0.2, -0.15) is 5.10 Å². The zero-order valence-electron chi connectivity index (χ0n) is 8.59. The molecule has 0 aromatic carbocycles. The van der Waals surface area contributed by atoms with Crippen molar-refractivity contribution < 1.29 is 18.3 Å². The van der Waals surface area contributed by atoms with Gasteiger partial charge in [-0.15, -0.1) is 0 Å². The Morgan fingerprint density at radius 1 is 1.56 bits per heavy atom.